The molecule has 0 saturated carbocycles. The number of ether oxygens (including phenoxy) is 1. The summed E-state index contributed by atoms with van der Waals surface area (Å²) in [4.78, 5) is 6.46. The fourth-order valence-electron chi connectivity index (χ4n) is 3.22. The Morgan fingerprint density at radius 1 is 1.36 bits per heavy atom. The Bertz CT molecular complexity index is 581. The number of hydrogen-bond acceptors (Lipinski definition) is 4. The molecule has 0 amide bonds. The van der Waals surface area contributed by atoms with Crippen molar-refractivity contribution in [3.63, 3.8) is 0 Å². The third-order valence-electron chi connectivity index (χ3n) is 4.85. The van der Waals surface area contributed by atoms with Gasteiger partial charge in [-0.1, -0.05) is 12.1 Å². The predicted octanol–water partition coefficient (Wildman–Crippen LogP) is 1.52. The maximum absolute atomic E-state index is 9.34. The lowest BCUT2D eigenvalue weighted by atomic mass is 9.84. The molecule has 1 heterocycles. The van der Waals surface area contributed by atoms with E-state index < -0.39 is 0 Å². The number of rotatable bonds is 7. The van der Waals surface area contributed by atoms with E-state index in [0.29, 0.717) is 13.2 Å². The molecule has 6 heteroatoms. The van der Waals surface area contributed by atoms with E-state index in [1.54, 1.807) is 7.05 Å². The standard InChI is InChI=1S/C19H32N4O2/c1-15-5-6-16(17(11-15)23(3)4)12-21-18(20-2)22-13-19(7-9-24)8-10-25-14-19/h5-6,11,24H,7-10,12-14H2,1-4H3,(H2,20,21,22). The number of guanidine groups is 1. The van der Waals surface area contributed by atoms with Crippen molar-refractivity contribution in [2.24, 2.45) is 10.4 Å². The topological polar surface area (TPSA) is 69.1 Å². The minimum atomic E-state index is 0.00499. The summed E-state index contributed by atoms with van der Waals surface area (Å²) in [6.45, 7) is 5.21. The number of anilines is 1. The summed E-state index contributed by atoms with van der Waals surface area (Å²) >= 11 is 0. The van der Waals surface area contributed by atoms with Gasteiger partial charge in [-0.15, -0.1) is 0 Å². The molecule has 3 N–H and O–H groups in total. The molecular formula is C19H32N4O2. The van der Waals surface area contributed by atoms with Gasteiger partial charge in [0.1, 0.15) is 0 Å². The molecule has 1 aliphatic rings. The first-order valence-electron chi connectivity index (χ1n) is 8.90. The Morgan fingerprint density at radius 3 is 2.76 bits per heavy atom. The van der Waals surface area contributed by atoms with E-state index in [1.807, 2.05) is 0 Å². The molecule has 1 aliphatic heterocycles. The van der Waals surface area contributed by atoms with Crippen LogP contribution in [0.3, 0.4) is 0 Å². The summed E-state index contributed by atoms with van der Waals surface area (Å²) in [6, 6.07) is 6.48. The summed E-state index contributed by atoms with van der Waals surface area (Å²) in [7, 11) is 5.90. The van der Waals surface area contributed by atoms with Crippen LogP contribution in [-0.4, -0.2) is 58.6 Å². The van der Waals surface area contributed by atoms with Gasteiger partial charge >= 0.3 is 0 Å². The molecule has 1 fully saturated rings. The number of aliphatic imine (C=N–C) groups is 1. The molecule has 2 rings (SSSR count). The van der Waals surface area contributed by atoms with E-state index in [1.165, 1.54) is 16.8 Å². The minimum absolute atomic E-state index is 0.00499. The average Bonchev–Trinajstić information content (AvgIpc) is 3.05. The molecule has 6 nitrogen and oxygen atoms in total. The minimum Gasteiger partial charge on any atom is -0.396 e. The predicted molar refractivity (Wildman–Crippen MR) is 103 cm³/mol. The first kappa shape index (κ1) is 19.5. The summed E-state index contributed by atoms with van der Waals surface area (Å²) < 4.78 is 5.54. The van der Waals surface area contributed by atoms with Crippen molar-refractivity contribution in [3.05, 3.63) is 29.3 Å². The maximum Gasteiger partial charge on any atom is 0.191 e. The lowest BCUT2D eigenvalue weighted by Gasteiger charge is -2.28. The van der Waals surface area contributed by atoms with Crippen LogP contribution in [0.5, 0.6) is 0 Å². The van der Waals surface area contributed by atoms with Crippen molar-refractivity contribution in [1.82, 2.24) is 10.6 Å². The Morgan fingerprint density at radius 2 is 2.16 bits per heavy atom. The van der Waals surface area contributed by atoms with Crippen LogP contribution in [0.15, 0.2) is 23.2 Å². The molecule has 0 aromatic heterocycles. The van der Waals surface area contributed by atoms with E-state index in [2.05, 4.69) is 59.7 Å². The van der Waals surface area contributed by atoms with Crippen molar-refractivity contribution in [2.45, 2.75) is 26.3 Å². The SMILES string of the molecule is CN=C(NCc1ccc(C)cc1N(C)C)NCC1(CCO)CCOC1. The average molecular weight is 348 g/mol. The zero-order valence-corrected chi connectivity index (χ0v) is 15.9. The number of hydrogen-bond donors (Lipinski definition) is 3. The molecule has 0 bridgehead atoms. The van der Waals surface area contributed by atoms with Gasteiger partial charge in [0, 0.05) is 58.5 Å². The molecule has 1 atom stereocenters. The lowest BCUT2D eigenvalue weighted by molar-refractivity contribution is 0.127. The monoisotopic (exact) mass is 348 g/mol. The van der Waals surface area contributed by atoms with Gasteiger partial charge in [-0.2, -0.15) is 0 Å². The molecule has 140 valence electrons. The van der Waals surface area contributed by atoms with Gasteiger partial charge in [0.2, 0.25) is 0 Å². The molecular weight excluding hydrogens is 316 g/mol. The molecule has 1 unspecified atom stereocenters. The zero-order chi connectivity index (χ0) is 18.3. The second kappa shape index (κ2) is 9.06. The summed E-state index contributed by atoms with van der Waals surface area (Å²) in [5.74, 6) is 0.773. The first-order valence-corrected chi connectivity index (χ1v) is 8.90. The van der Waals surface area contributed by atoms with Crippen molar-refractivity contribution in [2.75, 3.05) is 52.4 Å². The second-order valence-electron chi connectivity index (χ2n) is 7.08. The van der Waals surface area contributed by atoms with Crippen LogP contribution in [0.4, 0.5) is 5.69 Å². The van der Waals surface area contributed by atoms with Crippen molar-refractivity contribution >= 4 is 11.6 Å². The molecule has 1 aromatic rings. The number of aliphatic hydroxyl groups is 1. The number of aryl methyl sites for hydroxylation is 1. The fraction of sp³-hybridized carbons (Fsp3) is 0.632. The summed E-state index contributed by atoms with van der Waals surface area (Å²) in [5, 5.41) is 16.1. The van der Waals surface area contributed by atoms with E-state index in [0.717, 1.165) is 32.0 Å². The summed E-state index contributed by atoms with van der Waals surface area (Å²) in [5.41, 5.74) is 3.70. The molecule has 1 aromatic carbocycles. The van der Waals surface area contributed by atoms with Gasteiger partial charge in [-0.05, 0) is 37.0 Å². The van der Waals surface area contributed by atoms with Crippen molar-refractivity contribution in [3.8, 4) is 0 Å². The molecule has 0 radical (unpaired) electrons. The molecule has 0 aliphatic carbocycles. The van der Waals surface area contributed by atoms with Gasteiger partial charge in [0.25, 0.3) is 0 Å². The molecule has 25 heavy (non-hydrogen) atoms. The van der Waals surface area contributed by atoms with Gasteiger partial charge in [-0.25, -0.2) is 0 Å². The van der Waals surface area contributed by atoms with Crippen molar-refractivity contribution < 1.29 is 9.84 Å². The quantitative estimate of drug-likeness (QED) is 0.515. The maximum atomic E-state index is 9.34. The normalized spacial score (nSPS) is 20.6. The Labute approximate surface area is 151 Å². The highest BCUT2D eigenvalue weighted by Crippen LogP contribution is 2.31. The third kappa shape index (κ3) is 5.34. The second-order valence-corrected chi connectivity index (χ2v) is 7.08. The van der Waals surface area contributed by atoms with E-state index in [-0.39, 0.29) is 12.0 Å². The summed E-state index contributed by atoms with van der Waals surface area (Å²) in [6.07, 6.45) is 1.72. The van der Waals surface area contributed by atoms with Crippen molar-refractivity contribution in [1.29, 1.82) is 0 Å². The number of nitrogens with one attached hydrogen (secondary N) is 2. The van der Waals surface area contributed by atoms with Gasteiger partial charge < -0.3 is 25.4 Å². The lowest BCUT2D eigenvalue weighted by Crippen LogP contribution is -2.44. The number of benzene rings is 1. The Kier molecular flexibility index (Phi) is 7.08. The van der Waals surface area contributed by atoms with E-state index in [9.17, 15) is 5.11 Å². The zero-order valence-electron chi connectivity index (χ0n) is 15.9. The van der Waals surface area contributed by atoms with Crippen LogP contribution in [0.2, 0.25) is 0 Å². The smallest absolute Gasteiger partial charge is 0.191 e. The molecule has 0 spiro atoms. The third-order valence-corrected chi connectivity index (χ3v) is 4.85. The highest BCUT2D eigenvalue weighted by Gasteiger charge is 2.34. The van der Waals surface area contributed by atoms with Crippen LogP contribution in [0.25, 0.3) is 0 Å². The fourth-order valence-corrected chi connectivity index (χ4v) is 3.22. The van der Waals surface area contributed by atoms with Crippen LogP contribution >= 0.6 is 0 Å². The highest BCUT2D eigenvalue weighted by atomic mass is 16.5. The van der Waals surface area contributed by atoms with Gasteiger partial charge in [0.15, 0.2) is 5.96 Å². The van der Waals surface area contributed by atoms with E-state index in [4.69, 9.17) is 4.74 Å². The Hall–Kier alpha value is -1.79. The van der Waals surface area contributed by atoms with E-state index >= 15 is 0 Å². The number of nitrogens with zero attached hydrogens (tertiary/aromatic N) is 2. The van der Waals surface area contributed by atoms with Gasteiger partial charge in [-0.3, -0.25) is 4.99 Å². The van der Waals surface area contributed by atoms with Crippen LogP contribution < -0.4 is 15.5 Å². The highest BCUT2D eigenvalue weighted by molar-refractivity contribution is 5.79. The largest absolute Gasteiger partial charge is 0.396 e. The van der Waals surface area contributed by atoms with Crippen LogP contribution in [0.1, 0.15) is 24.0 Å². The van der Waals surface area contributed by atoms with Crippen LogP contribution in [0, 0.1) is 12.3 Å². The Balaban J connectivity index is 1.95. The molecule has 1 saturated heterocycles. The van der Waals surface area contributed by atoms with Crippen LogP contribution in [-0.2, 0) is 11.3 Å². The van der Waals surface area contributed by atoms with Gasteiger partial charge in [0.05, 0.1) is 6.61 Å². The first-order chi connectivity index (χ1) is 12.0. The number of aliphatic hydroxyl groups excluding tert-OH is 1.